The highest BCUT2D eigenvalue weighted by atomic mass is 16.5. The van der Waals surface area contributed by atoms with Crippen LogP contribution in [0.25, 0.3) is 0 Å². The summed E-state index contributed by atoms with van der Waals surface area (Å²) < 4.78 is 11.3. The second-order valence-corrected chi connectivity index (χ2v) is 5.12. The molecule has 0 amide bonds. The Hall–Kier alpha value is -1.62. The Bertz CT molecular complexity index is 478. The van der Waals surface area contributed by atoms with Gasteiger partial charge in [-0.2, -0.15) is 0 Å². The normalized spacial score (nSPS) is 20.2. The van der Waals surface area contributed by atoms with E-state index in [0.29, 0.717) is 24.9 Å². The van der Waals surface area contributed by atoms with E-state index in [1.165, 1.54) is 0 Å². The number of pyridine rings is 1. The molecular formula is C14H17NO4. The fraction of sp³-hybridized carbons (Fsp3) is 0.571. The van der Waals surface area contributed by atoms with Crippen LogP contribution < -0.4 is 4.74 Å². The Morgan fingerprint density at radius 1 is 1.32 bits per heavy atom. The predicted molar refractivity (Wildman–Crippen MR) is 67.6 cm³/mol. The van der Waals surface area contributed by atoms with Crippen molar-refractivity contribution >= 4 is 5.97 Å². The molecule has 2 aliphatic rings. The highest BCUT2D eigenvalue weighted by Crippen LogP contribution is 2.44. The Morgan fingerprint density at radius 3 is 2.68 bits per heavy atom. The van der Waals surface area contributed by atoms with Crippen LogP contribution in [0.1, 0.15) is 47.7 Å². The zero-order valence-electron chi connectivity index (χ0n) is 10.7. The fourth-order valence-corrected chi connectivity index (χ4v) is 2.34. The lowest BCUT2D eigenvalue weighted by Crippen LogP contribution is -2.26. The maximum atomic E-state index is 11.0. The highest BCUT2D eigenvalue weighted by molar-refractivity contribution is 5.85. The number of rotatable bonds is 4. The fourth-order valence-electron chi connectivity index (χ4n) is 2.34. The Morgan fingerprint density at radius 2 is 2.05 bits per heavy atom. The summed E-state index contributed by atoms with van der Waals surface area (Å²) >= 11 is 0. The van der Waals surface area contributed by atoms with E-state index >= 15 is 0 Å². The molecule has 1 saturated carbocycles. The topological polar surface area (TPSA) is 68.7 Å². The van der Waals surface area contributed by atoms with Gasteiger partial charge in [0.25, 0.3) is 0 Å². The average molecular weight is 263 g/mol. The molecule has 2 fully saturated rings. The van der Waals surface area contributed by atoms with Crippen LogP contribution in [0.2, 0.25) is 0 Å². The zero-order chi connectivity index (χ0) is 13.2. The Kier molecular flexibility index (Phi) is 3.38. The summed E-state index contributed by atoms with van der Waals surface area (Å²) in [4.78, 5) is 15.0. The molecule has 5 heteroatoms. The van der Waals surface area contributed by atoms with Crippen molar-refractivity contribution in [3.63, 3.8) is 0 Å². The van der Waals surface area contributed by atoms with Gasteiger partial charge in [-0.15, -0.1) is 0 Å². The smallest absolute Gasteiger partial charge is 0.354 e. The van der Waals surface area contributed by atoms with Crippen LogP contribution in [0, 0.1) is 0 Å². The van der Waals surface area contributed by atoms with Crippen LogP contribution in [0.3, 0.4) is 0 Å². The summed E-state index contributed by atoms with van der Waals surface area (Å²) in [7, 11) is 0. The molecule has 1 aromatic heterocycles. The summed E-state index contributed by atoms with van der Waals surface area (Å²) in [5, 5.41) is 9.02. The molecule has 102 valence electrons. The molecule has 1 saturated heterocycles. The van der Waals surface area contributed by atoms with Crippen molar-refractivity contribution in [2.75, 3.05) is 13.2 Å². The van der Waals surface area contributed by atoms with Crippen LogP contribution in [0.5, 0.6) is 5.75 Å². The van der Waals surface area contributed by atoms with Crippen LogP contribution in [-0.2, 0) is 4.74 Å². The third-order valence-electron chi connectivity index (χ3n) is 3.59. The van der Waals surface area contributed by atoms with Crippen molar-refractivity contribution < 1.29 is 19.4 Å². The molecule has 0 unspecified atom stereocenters. The van der Waals surface area contributed by atoms with E-state index in [0.717, 1.165) is 31.2 Å². The van der Waals surface area contributed by atoms with E-state index in [-0.39, 0.29) is 11.8 Å². The molecule has 3 rings (SSSR count). The van der Waals surface area contributed by atoms with E-state index in [1.807, 2.05) is 0 Å². The summed E-state index contributed by atoms with van der Waals surface area (Å²) in [5.41, 5.74) is 1.10. The molecule has 0 atom stereocenters. The SMILES string of the molecule is O=C(O)c1cc(OC2CCOCC2)c(C2CC2)cn1. The van der Waals surface area contributed by atoms with E-state index in [2.05, 4.69) is 4.98 Å². The third kappa shape index (κ3) is 2.87. The van der Waals surface area contributed by atoms with Crippen LogP contribution in [0.4, 0.5) is 0 Å². The maximum absolute atomic E-state index is 11.0. The van der Waals surface area contributed by atoms with Gasteiger partial charge in [0.1, 0.15) is 11.9 Å². The highest BCUT2D eigenvalue weighted by Gasteiger charge is 2.29. The molecule has 1 N–H and O–H groups in total. The maximum Gasteiger partial charge on any atom is 0.354 e. The summed E-state index contributed by atoms with van der Waals surface area (Å²) in [5.74, 6) is 0.172. The van der Waals surface area contributed by atoms with Gasteiger partial charge in [0.2, 0.25) is 0 Å². The van der Waals surface area contributed by atoms with Gasteiger partial charge in [0.05, 0.1) is 13.2 Å². The molecule has 1 aliphatic heterocycles. The average Bonchev–Trinajstić information content (AvgIpc) is 3.24. The zero-order valence-corrected chi connectivity index (χ0v) is 10.7. The number of ether oxygens (including phenoxy) is 2. The molecule has 1 aromatic rings. The molecule has 0 bridgehead atoms. The van der Waals surface area contributed by atoms with Gasteiger partial charge in [-0.3, -0.25) is 0 Å². The van der Waals surface area contributed by atoms with Crippen molar-refractivity contribution in [2.45, 2.75) is 37.7 Å². The van der Waals surface area contributed by atoms with Gasteiger partial charge in [-0.25, -0.2) is 9.78 Å². The molecule has 0 spiro atoms. The van der Waals surface area contributed by atoms with Crippen molar-refractivity contribution in [2.24, 2.45) is 0 Å². The molecule has 0 radical (unpaired) electrons. The number of hydrogen-bond acceptors (Lipinski definition) is 4. The second-order valence-electron chi connectivity index (χ2n) is 5.12. The number of nitrogens with zero attached hydrogens (tertiary/aromatic N) is 1. The first-order valence-corrected chi connectivity index (χ1v) is 6.71. The number of carbonyl (C=O) groups is 1. The molecule has 1 aliphatic carbocycles. The summed E-state index contributed by atoms with van der Waals surface area (Å²) in [6.45, 7) is 1.42. The summed E-state index contributed by atoms with van der Waals surface area (Å²) in [6.07, 6.45) is 5.77. The van der Waals surface area contributed by atoms with Gasteiger partial charge in [0.15, 0.2) is 5.69 Å². The molecule has 5 nitrogen and oxygen atoms in total. The van der Waals surface area contributed by atoms with E-state index < -0.39 is 5.97 Å². The lowest BCUT2D eigenvalue weighted by molar-refractivity contribution is 0.0250. The Balaban J connectivity index is 1.83. The summed E-state index contributed by atoms with van der Waals surface area (Å²) in [6, 6.07) is 1.56. The first-order valence-electron chi connectivity index (χ1n) is 6.71. The minimum absolute atomic E-state index is 0.0476. The van der Waals surface area contributed by atoms with Crippen LogP contribution in [0.15, 0.2) is 12.3 Å². The van der Waals surface area contributed by atoms with Gasteiger partial charge in [-0.05, 0) is 18.8 Å². The predicted octanol–water partition coefficient (Wildman–Crippen LogP) is 2.21. The number of hydrogen-bond donors (Lipinski definition) is 1. The number of carboxylic acids is 1. The van der Waals surface area contributed by atoms with E-state index in [9.17, 15) is 4.79 Å². The minimum atomic E-state index is -1.01. The van der Waals surface area contributed by atoms with Gasteiger partial charge in [-0.1, -0.05) is 0 Å². The van der Waals surface area contributed by atoms with Crippen molar-refractivity contribution in [1.29, 1.82) is 0 Å². The molecular weight excluding hydrogens is 246 g/mol. The number of carboxylic acid groups (broad SMARTS) is 1. The van der Waals surface area contributed by atoms with E-state index in [1.54, 1.807) is 12.3 Å². The molecule has 2 heterocycles. The van der Waals surface area contributed by atoms with Crippen molar-refractivity contribution in [3.05, 3.63) is 23.5 Å². The number of aromatic nitrogens is 1. The lowest BCUT2D eigenvalue weighted by atomic mass is 10.1. The van der Waals surface area contributed by atoms with E-state index in [4.69, 9.17) is 14.6 Å². The van der Waals surface area contributed by atoms with Crippen molar-refractivity contribution in [3.8, 4) is 5.75 Å². The quantitative estimate of drug-likeness (QED) is 0.902. The first-order chi connectivity index (χ1) is 9.24. The van der Waals surface area contributed by atoms with Crippen LogP contribution in [-0.4, -0.2) is 35.4 Å². The monoisotopic (exact) mass is 263 g/mol. The second kappa shape index (κ2) is 5.17. The van der Waals surface area contributed by atoms with Crippen molar-refractivity contribution in [1.82, 2.24) is 4.98 Å². The lowest BCUT2D eigenvalue weighted by Gasteiger charge is -2.24. The van der Waals surface area contributed by atoms with Gasteiger partial charge >= 0.3 is 5.97 Å². The molecule has 0 aromatic carbocycles. The standard InChI is InChI=1S/C14H17NO4/c16-14(17)12-7-13(11(8-15-12)9-1-2-9)19-10-3-5-18-6-4-10/h7-10H,1-6H2,(H,16,17). The molecule has 19 heavy (non-hydrogen) atoms. The van der Waals surface area contributed by atoms with Crippen LogP contribution >= 0.6 is 0 Å². The Labute approximate surface area is 111 Å². The van der Waals surface area contributed by atoms with Gasteiger partial charge in [0, 0.05) is 30.7 Å². The number of aromatic carboxylic acids is 1. The third-order valence-corrected chi connectivity index (χ3v) is 3.59. The largest absolute Gasteiger partial charge is 0.490 e. The minimum Gasteiger partial charge on any atom is -0.490 e. The first kappa shape index (κ1) is 12.4. The van der Waals surface area contributed by atoms with Gasteiger partial charge < -0.3 is 14.6 Å².